The summed E-state index contributed by atoms with van der Waals surface area (Å²) < 4.78 is 36.3. The summed E-state index contributed by atoms with van der Waals surface area (Å²) in [7, 11) is -4.22. The minimum Gasteiger partial charge on any atom is -0.457 e. The van der Waals surface area contributed by atoms with Crippen LogP contribution < -0.4 is 14.4 Å². The molecule has 5 rings (SSSR count). The van der Waals surface area contributed by atoms with Crippen molar-refractivity contribution in [3.8, 4) is 11.5 Å². The number of hydrogen-bond donors (Lipinski definition) is 1. The van der Waals surface area contributed by atoms with Gasteiger partial charge in [0, 0.05) is 23.5 Å². The van der Waals surface area contributed by atoms with E-state index in [1.54, 1.807) is 42.5 Å². The second-order valence-corrected chi connectivity index (χ2v) is 14.5. The fraction of sp³-hybridized carbons (Fsp3) is 0.179. The average molecular weight is 741 g/mol. The van der Waals surface area contributed by atoms with Crippen molar-refractivity contribution < 1.29 is 22.7 Å². The Hall–Kier alpha value is -4.93. The molecule has 1 N–H and O–H groups in total. The summed E-state index contributed by atoms with van der Waals surface area (Å²) in [4.78, 5) is 30.0. The van der Waals surface area contributed by atoms with E-state index in [4.69, 9.17) is 4.74 Å². The van der Waals surface area contributed by atoms with Crippen molar-refractivity contribution >= 4 is 43.5 Å². The van der Waals surface area contributed by atoms with Crippen LogP contribution >= 0.6 is 15.9 Å². The first-order chi connectivity index (χ1) is 23.6. The topological polar surface area (TPSA) is 96.0 Å². The van der Waals surface area contributed by atoms with Gasteiger partial charge in [0.25, 0.3) is 10.0 Å². The van der Waals surface area contributed by atoms with Gasteiger partial charge >= 0.3 is 0 Å². The van der Waals surface area contributed by atoms with E-state index in [1.807, 2.05) is 98.8 Å². The van der Waals surface area contributed by atoms with Gasteiger partial charge in [0.05, 0.1) is 10.6 Å². The average Bonchev–Trinajstić information content (AvgIpc) is 3.10. The Bertz CT molecular complexity index is 1940. The number of carbonyl (C=O) groups excluding carboxylic acids is 2. The molecule has 0 unspecified atom stereocenters. The Morgan fingerprint density at radius 3 is 1.92 bits per heavy atom. The highest BCUT2D eigenvalue weighted by Crippen LogP contribution is 2.29. The highest BCUT2D eigenvalue weighted by atomic mass is 79.9. The molecule has 49 heavy (non-hydrogen) atoms. The molecule has 5 aromatic carbocycles. The van der Waals surface area contributed by atoms with E-state index in [9.17, 15) is 18.0 Å². The fourth-order valence-electron chi connectivity index (χ4n) is 5.32. The second kappa shape index (κ2) is 16.5. The molecule has 10 heteroatoms. The number of hydrogen-bond acceptors (Lipinski definition) is 5. The van der Waals surface area contributed by atoms with Crippen molar-refractivity contribution in [3.05, 3.63) is 155 Å². The van der Waals surface area contributed by atoms with Gasteiger partial charge in [0.2, 0.25) is 11.8 Å². The lowest BCUT2D eigenvalue weighted by Crippen LogP contribution is -2.54. The Labute approximate surface area is 296 Å². The van der Waals surface area contributed by atoms with Crippen LogP contribution in [0.25, 0.3) is 0 Å². The molecule has 0 heterocycles. The van der Waals surface area contributed by atoms with Crippen molar-refractivity contribution in [2.75, 3.05) is 10.8 Å². The first-order valence-electron chi connectivity index (χ1n) is 15.9. The lowest BCUT2D eigenvalue weighted by atomic mass is 10.0. The number of para-hydroxylation sites is 1. The minimum atomic E-state index is -4.22. The smallest absolute Gasteiger partial charge is 0.264 e. The van der Waals surface area contributed by atoms with Crippen LogP contribution in [0.2, 0.25) is 0 Å². The fourth-order valence-corrected chi connectivity index (χ4v) is 7.20. The third-order valence-electron chi connectivity index (χ3n) is 7.66. The van der Waals surface area contributed by atoms with Crippen LogP contribution in [-0.4, -0.2) is 43.8 Å². The third kappa shape index (κ3) is 9.58. The normalized spacial score (nSPS) is 11.8. The van der Waals surface area contributed by atoms with Crippen LogP contribution in [-0.2, 0) is 32.6 Å². The zero-order valence-corrected chi connectivity index (χ0v) is 29.7. The maximum Gasteiger partial charge on any atom is 0.264 e. The van der Waals surface area contributed by atoms with E-state index in [0.29, 0.717) is 11.5 Å². The molecule has 1 atom stereocenters. The number of nitrogens with one attached hydrogen (secondary N) is 1. The number of amides is 2. The van der Waals surface area contributed by atoms with Gasteiger partial charge in [-0.25, -0.2) is 8.42 Å². The Morgan fingerprint density at radius 1 is 0.735 bits per heavy atom. The summed E-state index contributed by atoms with van der Waals surface area (Å²) in [5.74, 6) is 0.264. The highest BCUT2D eigenvalue weighted by Gasteiger charge is 2.35. The van der Waals surface area contributed by atoms with E-state index in [1.165, 1.54) is 17.0 Å². The minimum absolute atomic E-state index is 0.0318. The second-order valence-electron chi connectivity index (χ2n) is 11.8. The summed E-state index contributed by atoms with van der Waals surface area (Å²) in [5.41, 5.74) is 1.91. The number of nitrogens with zero attached hydrogens (tertiary/aromatic N) is 2. The van der Waals surface area contributed by atoms with Crippen molar-refractivity contribution in [1.29, 1.82) is 0 Å². The summed E-state index contributed by atoms with van der Waals surface area (Å²) in [6.07, 6.45) is 0.232. The molecule has 0 aromatic heterocycles. The molecule has 0 aliphatic heterocycles. The van der Waals surface area contributed by atoms with Crippen LogP contribution in [0.15, 0.2) is 149 Å². The molecule has 0 saturated carbocycles. The molecule has 0 aliphatic rings. The van der Waals surface area contributed by atoms with Crippen LogP contribution in [0.4, 0.5) is 5.69 Å². The number of sulfonamides is 1. The first-order valence-corrected chi connectivity index (χ1v) is 18.1. The van der Waals surface area contributed by atoms with Gasteiger partial charge < -0.3 is 15.0 Å². The predicted octanol–water partition coefficient (Wildman–Crippen LogP) is 7.60. The van der Waals surface area contributed by atoms with Crippen LogP contribution in [0.1, 0.15) is 25.0 Å². The third-order valence-corrected chi connectivity index (χ3v) is 9.94. The molecular weight excluding hydrogens is 702 g/mol. The predicted molar refractivity (Wildman–Crippen MR) is 196 cm³/mol. The zero-order valence-electron chi connectivity index (χ0n) is 27.3. The summed E-state index contributed by atoms with van der Waals surface area (Å²) in [6, 6.07) is 39.6. The summed E-state index contributed by atoms with van der Waals surface area (Å²) >= 11 is 3.51. The number of anilines is 1. The molecule has 0 radical (unpaired) electrons. The Balaban J connectivity index is 1.55. The van der Waals surface area contributed by atoms with Gasteiger partial charge in [-0.1, -0.05) is 94.8 Å². The largest absolute Gasteiger partial charge is 0.457 e. The molecule has 252 valence electrons. The lowest BCUT2D eigenvalue weighted by Gasteiger charge is -2.34. The number of halogens is 1. The molecule has 2 amide bonds. The number of carbonyl (C=O) groups is 2. The number of rotatable bonds is 14. The van der Waals surface area contributed by atoms with Gasteiger partial charge in [-0.3, -0.25) is 13.9 Å². The van der Waals surface area contributed by atoms with E-state index < -0.39 is 28.5 Å². The van der Waals surface area contributed by atoms with Crippen molar-refractivity contribution in [3.63, 3.8) is 0 Å². The van der Waals surface area contributed by atoms with Crippen LogP contribution in [0.5, 0.6) is 11.5 Å². The van der Waals surface area contributed by atoms with E-state index >= 15 is 0 Å². The van der Waals surface area contributed by atoms with Crippen molar-refractivity contribution in [2.45, 2.75) is 43.8 Å². The molecule has 0 aliphatic carbocycles. The van der Waals surface area contributed by atoms with Gasteiger partial charge in [0.15, 0.2) is 0 Å². The molecule has 0 bridgehead atoms. The van der Waals surface area contributed by atoms with Crippen LogP contribution in [0.3, 0.4) is 0 Å². The summed E-state index contributed by atoms with van der Waals surface area (Å²) in [5, 5.41) is 2.98. The quantitative estimate of drug-likeness (QED) is 0.127. The van der Waals surface area contributed by atoms with E-state index in [-0.39, 0.29) is 35.5 Å². The molecule has 8 nitrogen and oxygen atoms in total. The molecule has 0 fully saturated rings. The van der Waals surface area contributed by atoms with Crippen LogP contribution in [0, 0.1) is 0 Å². The number of benzene rings is 5. The Morgan fingerprint density at radius 2 is 1.31 bits per heavy atom. The van der Waals surface area contributed by atoms with Gasteiger partial charge in [-0.2, -0.15) is 0 Å². The summed E-state index contributed by atoms with van der Waals surface area (Å²) in [6.45, 7) is 3.24. The first kappa shape index (κ1) is 35.4. The van der Waals surface area contributed by atoms with Crippen molar-refractivity contribution in [1.82, 2.24) is 10.2 Å². The standard InChI is InChI=1S/C39H38BrN3O5S/c1-29(2)41-39(45)37(26-30-13-6-3-7-14-30)42(27-31-15-12-16-32(40)25-31)38(44)28-43(49(46,47)36-19-10-5-11-20-36)33-21-23-35(24-22-33)48-34-17-8-4-9-18-34/h3-25,29,37H,26-28H2,1-2H3,(H,41,45)/t37-/m0/s1. The Kier molecular flexibility index (Phi) is 11.9. The highest BCUT2D eigenvalue weighted by molar-refractivity contribution is 9.10. The molecule has 0 saturated heterocycles. The molecule has 5 aromatic rings. The van der Waals surface area contributed by atoms with Gasteiger partial charge in [-0.05, 0) is 85.6 Å². The van der Waals surface area contributed by atoms with Crippen molar-refractivity contribution in [2.24, 2.45) is 0 Å². The number of ether oxygens (including phenoxy) is 1. The monoisotopic (exact) mass is 739 g/mol. The van der Waals surface area contributed by atoms with Gasteiger partial charge in [-0.15, -0.1) is 0 Å². The van der Waals surface area contributed by atoms with E-state index in [0.717, 1.165) is 19.9 Å². The lowest BCUT2D eigenvalue weighted by molar-refractivity contribution is -0.140. The molecular formula is C39H38BrN3O5S. The zero-order chi connectivity index (χ0) is 34.8. The van der Waals surface area contributed by atoms with Gasteiger partial charge in [0.1, 0.15) is 24.1 Å². The maximum atomic E-state index is 14.6. The molecule has 0 spiro atoms. The maximum absolute atomic E-state index is 14.6. The SMILES string of the molecule is CC(C)NC(=O)[C@H](Cc1ccccc1)N(Cc1cccc(Br)c1)C(=O)CN(c1ccc(Oc2ccccc2)cc1)S(=O)(=O)c1ccccc1. The van der Waals surface area contributed by atoms with E-state index in [2.05, 4.69) is 21.2 Å².